The lowest BCUT2D eigenvalue weighted by Gasteiger charge is -2.32. The van der Waals surface area contributed by atoms with Gasteiger partial charge in [-0.25, -0.2) is 0 Å². The monoisotopic (exact) mass is 249 g/mol. The summed E-state index contributed by atoms with van der Waals surface area (Å²) in [5.41, 5.74) is 5.85. The van der Waals surface area contributed by atoms with Crippen molar-refractivity contribution in [3.63, 3.8) is 0 Å². The molecule has 5 heteroatoms. The van der Waals surface area contributed by atoms with Crippen LogP contribution in [0.3, 0.4) is 0 Å². The highest BCUT2D eigenvalue weighted by Crippen LogP contribution is 2.24. The molecule has 0 radical (unpaired) electrons. The second-order valence-corrected chi connectivity index (χ2v) is 4.76. The first kappa shape index (κ1) is 12.8. The standard InChI is InChI=1S/C13H19N3O2/c1-8-5-11(6-9(2)17-8)18-10-3-4-16-12(7-10)13(14)15/h3-4,7-9,11H,5-6H2,1-2H3,(H3,14,15). The summed E-state index contributed by atoms with van der Waals surface area (Å²) in [5.74, 6) is 0.663. The Morgan fingerprint density at radius 2 is 2.11 bits per heavy atom. The highest BCUT2D eigenvalue weighted by atomic mass is 16.5. The van der Waals surface area contributed by atoms with Gasteiger partial charge in [-0.05, 0) is 19.9 Å². The minimum Gasteiger partial charge on any atom is -0.490 e. The number of ether oxygens (including phenoxy) is 2. The van der Waals surface area contributed by atoms with Gasteiger partial charge in [0.2, 0.25) is 0 Å². The zero-order valence-electron chi connectivity index (χ0n) is 10.7. The Labute approximate surface area is 107 Å². The second-order valence-electron chi connectivity index (χ2n) is 4.76. The number of hydrogen-bond acceptors (Lipinski definition) is 4. The highest BCUT2D eigenvalue weighted by Gasteiger charge is 2.25. The molecule has 98 valence electrons. The third-order valence-electron chi connectivity index (χ3n) is 2.96. The molecule has 3 N–H and O–H groups in total. The van der Waals surface area contributed by atoms with E-state index >= 15 is 0 Å². The number of aromatic nitrogens is 1. The number of rotatable bonds is 3. The van der Waals surface area contributed by atoms with Gasteiger partial charge in [-0.3, -0.25) is 10.4 Å². The van der Waals surface area contributed by atoms with Crippen molar-refractivity contribution in [1.82, 2.24) is 4.98 Å². The topological polar surface area (TPSA) is 81.2 Å². The highest BCUT2D eigenvalue weighted by molar-refractivity contribution is 5.93. The van der Waals surface area contributed by atoms with Gasteiger partial charge in [-0.1, -0.05) is 0 Å². The molecule has 0 aliphatic carbocycles. The quantitative estimate of drug-likeness (QED) is 0.631. The van der Waals surface area contributed by atoms with Crippen LogP contribution in [0.5, 0.6) is 5.75 Å². The molecule has 0 aromatic carbocycles. The predicted octanol–water partition coefficient (Wildman–Crippen LogP) is 1.70. The molecule has 0 saturated carbocycles. The maximum atomic E-state index is 7.36. The van der Waals surface area contributed by atoms with Crippen molar-refractivity contribution < 1.29 is 9.47 Å². The van der Waals surface area contributed by atoms with Crippen molar-refractivity contribution in [1.29, 1.82) is 5.41 Å². The zero-order chi connectivity index (χ0) is 13.1. The SMILES string of the molecule is CC1CC(Oc2ccnc(C(=N)N)c2)CC(C)O1. The van der Waals surface area contributed by atoms with Gasteiger partial charge in [0.25, 0.3) is 0 Å². The van der Waals surface area contributed by atoms with Gasteiger partial charge < -0.3 is 15.2 Å². The predicted molar refractivity (Wildman–Crippen MR) is 68.9 cm³/mol. The molecule has 1 aliphatic heterocycles. The van der Waals surface area contributed by atoms with Crippen LogP contribution in [0, 0.1) is 5.41 Å². The van der Waals surface area contributed by atoms with Gasteiger partial charge in [-0.2, -0.15) is 0 Å². The number of nitrogens with one attached hydrogen (secondary N) is 1. The fourth-order valence-electron chi connectivity index (χ4n) is 2.26. The van der Waals surface area contributed by atoms with Crippen LogP contribution >= 0.6 is 0 Å². The Balaban J connectivity index is 2.04. The van der Waals surface area contributed by atoms with Crippen LogP contribution in [0.2, 0.25) is 0 Å². The summed E-state index contributed by atoms with van der Waals surface area (Å²) in [5, 5.41) is 7.36. The van der Waals surface area contributed by atoms with Crippen molar-refractivity contribution in [2.45, 2.75) is 45.0 Å². The van der Waals surface area contributed by atoms with Gasteiger partial charge in [0.1, 0.15) is 23.4 Å². The maximum Gasteiger partial charge on any atom is 0.141 e. The van der Waals surface area contributed by atoms with Gasteiger partial charge in [0.15, 0.2) is 0 Å². The average molecular weight is 249 g/mol. The molecule has 1 aromatic rings. The maximum absolute atomic E-state index is 7.36. The van der Waals surface area contributed by atoms with Crippen molar-refractivity contribution >= 4 is 5.84 Å². The minimum atomic E-state index is -0.0471. The summed E-state index contributed by atoms with van der Waals surface area (Å²) in [7, 11) is 0. The molecule has 1 saturated heterocycles. The summed E-state index contributed by atoms with van der Waals surface area (Å²) < 4.78 is 11.6. The number of pyridine rings is 1. The summed E-state index contributed by atoms with van der Waals surface area (Å²) >= 11 is 0. The largest absolute Gasteiger partial charge is 0.490 e. The fraction of sp³-hybridized carbons (Fsp3) is 0.538. The van der Waals surface area contributed by atoms with Crippen LogP contribution in [0.25, 0.3) is 0 Å². The Hall–Kier alpha value is -1.62. The van der Waals surface area contributed by atoms with Crippen LogP contribution in [0.15, 0.2) is 18.3 Å². The van der Waals surface area contributed by atoms with E-state index in [-0.39, 0.29) is 24.1 Å². The molecule has 1 fully saturated rings. The lowest BCUT2D eigenvalue weighted by atomic mass is 10.0. The molecule has 0 amide bonds. The Morgan fingerprint density at radius 3 is 2.72 bits per heavy atom. The first-order chi connectivity index (χ1) is 8.54. The molecular weight excluding hydrogens is 230 g/mol. The summed E-state index contributed by atoms with van der Waals surface area (Å²) in [6.07, 6.45) is 3.94. The Kier molecular flexibility index (Phi) is 3.81. The minimum absolute atomic E-state index is 0.0471. The fourth-order valence-corrected chi connectivity index (χ4v) is 2.26. The third-order valence-corrected chi connectivity index (χ3v) is 2.96. The van der Waals surface area contributed by atoms with Gasteiger partial charge in [0, 0.05) is 25.1 Å². The van der Waals surface area contributed by atoms with E-state index in [1.807, 2.05) is 0 Å². The van der Waals surface area contributed by atoms with Crippen LogP contribution in [0.1, 0.15) is 32.4 Å². The van der Waals surface area contributed by atoms with Crippen LogP contribution < -0.4 is 10.5 Å². The summed E-state index contributed by atoms with van der Waals surface area (Å²) in [6.45, 7) is 4.11. The van der Waals surface area contributed by atoms with E-state index < -0.39 is 0 Å². The number of nitrogens with two attached hydrogens (primary N) is 1. The molecule has 0 bridgehead atoms. The van der Waals surface area contributed by atoms with E-state index in [0.717, 1.165) is 12.8 Å². The third kappa shape index (κ3) is 3.20. The number of nitrogen functional groups attached to an aromatic ring is 1. The number of nitrogens with zero attached hydrogens (tertiary/aromatic N) is 1. The van der Waals surface area contributed by atoms with Crippen LogP contribution in [0.4, 0.5) is 0 Å². The van der Waals surface area contributed by atoms with Gasteiger partial charge >= 0.3 is 0 Å². The van der Waals surface area contributed by atoms with E-state index in [1.165, 1.54) is 0 Å². The van der Waals surface area contributed by atoms with Crippen LogP contribution in [-0.4, -0.2) is 29.1 Å². The van der Waals surface area contributed by atoms with Crippen LogP contribution in [-0.2, 0) is 4.74 Å². The molecule has 18 heavy (non-hydrogen) atoms. The zero-order valence-corrected chi connectivity index (χ0v) is 10.7. The average Bonchev–Trinajstić information content (AvgIpc) is 2.27. The smallest absolute Gasteiger partial charge is 0.141 e. The Bertz CT molecular complexity index is 426. The normalized spacial score (nSPS) is 27.8. The molecule has 1 aromatic heterocycles. The molecule has 2 rings (SSSR count). The van der Waals surface area contributed by atoms with Gasteiger partial charge in [-0.15, -0.1) is 0 Å². The van der Waals surface area contributed by atoms with Crippen molar-refractivity contribution in [2.24, 2.45) is 5.73 Å². The molecule has 2 atom stereocenters. The van der Waals surface area contributed by atoms with Crippen molar-refractivity contribution in [2.75, 3.05) is 0 Å². The van der Waals surface area contributed by atoms with Crippen molar-refractivity contribution in [3.05, 3.63) is 24.0 Å². The van der Waals surface area contributed by atoms with E-state index in [9.17, 15) is 0 Å². The molecule has 2 heterocycles. The lowest BCUT2D eigenvalue weighted by Crippen LogP contribution is -2.35. The number of hydrogen-bond donors (Lipinski definition) is 2. The summed E-state index contributed by atoms with van der Waals surface area (Å²) in [6, 6.07) is 3.49. The second kappa shape index (κ2) is 5.35. The summed E-state index contributed by atoms with van der Waals surface area (Å²) in [4.78, 5) is 4.01. The van der Waals surface area contributed by atoms with E-state index in [4.69, 9.17) is 20.6 Å². The molecular formula is C13H19N3O2. The van der Waals surface area contributed by atoms with Crippen molar-refractivity contribution in [3.8, 4) is 5.75 Å². The molecule has 5 nitrogen and oxygen atoms in total. The first-order valence-electron chi connectivity index (χ1n) is 6.17. The molecule has 2 unspecified atom stereocenters. The Morgan fingerprint density at radius 1 is 1.44 bits per heavy atom. The van der Waals surface area contributed by atoms with E-state index in [2.05, 4.69) is 18.8 Å². The van der Waals surface area contributed by atoms with E-state index in [1.54, 1.807) is 18.3 Å². The lowest BCUT2D eigenvalue weighted by molar-refractivity contribution is -0.0721. The van der Waals surface area contributed by atoms with Gasteiger partial charge in [0.05, 0.1) is 12.2 Å². The van der Waals surface area contributed by atoms with E-state index in [0.29, 0.717) is 11.4 Å². The molecule has 0 spiro atoms. The number of amidine groups is 1. The first-order valence-corrected chi connectivity index (χ1v) is 6.17. The molecule has 1 aliphatic rings.